The molecular weight excluding hydrogens is 268 g/mol. The minimum atomic E-state index is -0.704. The van der Waals surface area contributed by atoms with Crippen LogP contribution >= 0.6 is 0 Å². The van der Waals surface area contributed by atoms with Gasteiger partial charge in [-0.25, -0.2) is 9.59 Å². The van der Waals surface area contributed by atoms with E-state index in [1.165, 1.54) is 18.2 Å². The topological polar surface area (TPSA) is 60.4 Å². The molecular formula is C17H12O4. The van der Waals surface area contributed by atoms with Gasteiger partial charge in [-0.15, -0.1) is 0 Å². The number of ether oxygens (including phenoxy) is 1. The van der Waals surface area contributed by atoms with E-state index in [0.717, 1.165) is 11.1 Å². The number of ketones is 1. The average Bonchev–Trinajstić information content (AvgIpc) is 2.76. The van der Waals surface area contributed by atoms with Crippen LogP contribution < -0.4 is 0 Å². The Morgan fingerprint density at radius 3 is 2.14 bits per heavy atom. The third kappa shape index (κ3) is 2.14. The molecule has 0 saturated heterocycles. The SMILES string of the molecule is Cc1ccc(C(=O)c2ccc3c(c2)C(=O)OC3=O)cc1C. The zero-order valence-corrected chi connectivity index (χ0v) is 11.6. The molecule has 0 radical (unpaired) electrons. The number of hydrogen-bond acceptors (Lipinski definition) is 4. The highest BCUT2D eigenvalue weighted by Gasteiger charge is 2.30. The molecule has 0 aromatic heterocycles. The van der Waals surface area contributed by atoms with Gasteiger partial charge >= 0.3 is 11.9 Å². The van der Waals surface area contributed by atoms with Crippen molar-refractivity contribution < 1.29 is 19.1 Å². The first-order valence-electron chi connectivity index (χ1n) is 6.50. The van der Waals surface area contributed by atoms with Gasteiger partial charge < -0.3 is 4.74 Å². The summed E-state index contributed by atoms with van der Waals surface area (Å²) in [5.41, 5.74) is 3.40. The molecule has 2 aromatic carbocycles. The third-order valence-electron chi connectivity index (χ3n) is 3.68. The molecule has 3 rings (SSSR count). The lowest BCUT2D eigenvalue weighted by Gasteiger charge is -2.05. The lowest BCUT2D eigenvalue weighted by molar-refractivity contribution is 0.0443. The number of carbonyl (C=O) groups is 3. The quantitative estimate of drug-likeness (QED) is 0.482. The highest BCUT2D eigenvalue weighted by Crippen LogP contribution is 2.23. The zero-order chi connectivity index (χ0) is 15.1. The van der Waals surface area contributed by atoms with E-state index >= 15 is 0 Å². The number of esters is 2. The molecule has 0 N–H and O–H groups in total. The number of cyclic esters (lactones) is 2. The van der Waals surface area contributed by atoms with E-state index in [1.807, 2.05) is 26.0 Å². The number of fused-ring (bicyclic) bond motifs is 1. The molecule has 0 spiro atoms. The summed E-state index contributed by atoms with van der Waals surface area (Å²) in [5.74, 6) is -1.56. The van der Waals surface area contributed by atoms with Crippen molar-refractivity contribution in [3.05, 3.63) is 69.8 Å². The Bertz CT molecular complexity index is 802. The van der Waals surface area contributed by atoms with Crippen molar-refractivity contribution in [2.45, 2.75) is 13.8 Å². The lowest BCUT2D eigenvalue weighted by atomic mass is 9.97. The predicted octanol–water partition coefficient (Wildman–Crippen LogP) is 2.85. The van der Waals surface area contributed by atoms with Gasteiger partial charge in [0.05, 0.1) is 11.1 Å². The molecule has 0 aliphatic carbocycles. The van der Waals surface area contributed by atoms with E-state index in [0.29, 0.717) is 11.1 Å². The van der Waals surface area contributed by atoms with Crippen LogP contribution in [0.15, 0.2) is 36.4 Å². The van der Waals surface area contributed by atoms with Gasteiger partial charge in [0.1, 0.15) is 0 Å². The second kappa shape index (κ2) is 4.66. The molecule has 104 valence electrons. The molecule has 21 heavy (non-hydrogen) atoms. The second-order valence-corrected chi connectivity index (χ2v) is 5.07. The number of carbonyl (C=O) groups excluding carboxylic acids is 3. The normalized spacial score (nSPS) is 13.0. The number of benzene rings is 2. The fraction of sp³-hybridized carbons (Fsp3) is 0.118. The third-order valence-corrected chi connectivity index (χ3v) is 3.68. The molecule has 1 aliphatic heterocycles. The summed E-state index contributed by atoms with van der Waals surface area (Å²) in [4.78, 5) is 35.4. The van der Waals surface area contributed by atoms with Gasteiger partial charge in [-0.2, -0.15) is 0 Å². The van der Waals surface area contributed by atoms with Gasteiger partial charge in [-0.05, 0) is 43.2 Å². The summed E-state index contributed by atoms with van der Waals surface area (Å²) >= 11 is 0. The van der Waals surface area contributed by atoms with Crippen LogP contribution in [0.2, 0.25) is 0 Å². The Balaban J connectivity index is 2.03. The van der Waals surface area contributed by atoms with Crippen LogP contribution in [0.5, 0.6) is 0 Å². The standard InChI is InChI=1S/C17H12O4/c1-9-3-4-11(7-10(9)2)15(18)12-5-6-13-14(8-12)17(20)21-16(13)19/h3-8H,1-2H3. The summed E-state index contributed by atoms with van der Waals surface area (Å²) in [6.45, 7) is 3.91. The highest BCUT2D eigenvalue weighted by molar-refractivity contribution is 6.17. The van der Waals surface area contributed by atoms with Crippen molar-refractivity contribution in [2.75, 3.05) is 0 Å². The van der Waals surface area contributed by atoms with Crippen molar-refractivity contribution in [2.24, 2.45) is 0 Å². The first-order chi connectivity index (χ1) is 9.97. The second-order valence-electron chi connectivity index (χ2n) is 5.07. The summed E-state index contributed by atoms with van der Waals surface area (Å²) in [5, 5.41) is 0. The Labute approximate surface area is 121 Å². The van der Waals surface area contributed by atoms with Crippen LogP contribution in [-0.2, 0) is 4.74 Å². The van der Waals surface area contributed by atoms with Crippen LogP contribution in [0.25, 0.3) is 0 Å². The summed E-state index contributed by atoms with van der Waals surface area (Å²) in [6, 6.07) is 9.86. The van der Waals surface area contributed by atoms with E-state index in [4.69, 9.17) is 0 Å². The smallest absolute Gasteiger partial charge is 0.346 e. The molecule has 1 heterocycles. The van der Waals surface area contributed by atoms with Gasteiger partial charge in [0, 0.05) is 11.1 Å². The molecule has 0 amide bonds. The largest absolute Gasteiger partial charge is 0.386 e. The monoisotopic (exact) mass is 280 g/mol. The lowest BCUT2D eigenvalue weighted by Crippen LogP contribution is -2.04. The predicted molar refractivity (Wildman–Crippen MR) is 75.5 cm³/mol. The van der Waals surface area contributed by atoms with Crippen molar-refractivity contribution in [3.8, 4) is 0 Å². The zero-order valence-electron chi connectivity index (χ0n) is 11.6. The number of hydrogen-bond donors (Lipinski definition) is 0. The van der Waals surface area contributed by atoms with Crippen LogP contribution in [0, 0.1) is 13.8 Å². The van der Waals surface area contributed by atoms with Crippen LogP contribution in [0.4, 0.5) is 0 Å². The first kappa shape index (κ1) is 13.2. The maximum absolute atomic E-state index is 12.5. The molecule has 2 aromatic rings. The highest BCUT2D eigenvalue weighted by atomic mass is 16.6. The van der Waals surface area contributed by atoms with Crippen LogP contribution in [-0.4, -0.2) is 17.7 Å². The molecule has 0 fully saturated rings. The van der Waals surface area contributed by atoms with Crippen LogP contribution in [0.3, 0.4) is 0 Å². The summed E-state index contributed by atoms with van der Waals surface area (Å²) in [7, 11) is 0. The van der Waals surface area contributed by atoms with Gasteiger partial charge in [0.15, 0.2) is 5.78 Å². The van der Waals surface area contributed by atoms with E-state index in [1.54, 1.807) is 6.07 Å². The number of rotatable bonds is 2. The summed E-state index contributed by atoms with van der Waals surface area (Å²) in [6.07, 6.45) is 0. The van der Waals surface area contributed by atoms with Gasteiger partial charge in [0.2, 0.25) is 0 Å². The van der Waals surface area contributed by atoms with Crippen molar-refractivity contribution >= 4 is 17.7 Å². The van der Waals surface area contributed by atoms with E-state index < -0.39 is 11.9 Å². The van der Waals surface area contributed by atoms with Gasteiger partial charge in [0.25, 0.3) is 0 Å². The fourth-order valence-corrected chi connectivity index (χ4v) is 2.28. The van der Waals surface area contributed by atoms with Crippen molar-refractivity contribution in [3.63, 3.8) is 0 Å². The minimum absolute atomic E-state index is 0.148. The van der Waals surface area contributed by atoms with Gasteiger partial charge in [-0.1, -0.05) is 18.2 Å². The minimum Gasteiger partial charge on any atom is -0.386 e. The Morgan fingerprint density at radius 1 is 0.810 bits per heavy atom. The Hall–Kier alpha value is -2.75. The Kier molecular flexibility index (Phi) is 2.94. The van der Waals surface area contributed by atoms with Crippen molar-refractivity contribution in [1.29, 1.82) is 0 Å². The molecule has 0 atom stereocenters. The molecule has 4 nitrogen and oxygen atoms in total. The molecule has 0 bridgehead atoms. The van der Waals surface area contributed by atoms with E-state index in [9.17, 15) is 14.4 Å². The van der Waals surface area contributed by atoms with E-state index in [2.05, 4.69) is 4.74 Å². The van der Waals surface area contributed by atoms with Crippen molar-refractivity contribution in [1.82, 2.24) is 0 Å². The molecule has 1 aliphatic rings. The number of aryl methyl sites for hydroxylation is 2. The summed E-state index contributed by atoms with van der Waals surface area (Å²) < 4.78 is 4.52. The molecule has 4 heteroatoms. The molecule has 0 saturated carbocycles. The average molecular weight is 280 g/mol. The maximum Gasteiger partial charge on any atom is 0.346 e. The van der Waals surface area contributed by atoms with Crippen LogP contribution in [0.1, 0.15) is 47.8 Å². The van der Waals surface area contributed by atoms with Gasteiger partial charge in [-0.3, -0.25) is 4.79 Å². The van der Waals surface area contributed by atoms with E-state index in [-0.39, 0.29) is 16.9 Å². The molecule has 0 unspecified atom stereocenters. The maximum atomic E-state index is 12.5. The Morgan fingerprint density at radius 2 is 1.43 bits per heavy atom. The fourth-order valence-electron chi connectivity index (χ4n) is 2.28. The first-order valence-corrected chi connectivity index (χ1v) is 6.50.